The zero-order valence-electron chi connectivity index (χ0n) is 11.1. The van der Waals surface area contributed by atoms with Gasteiger partial charge < -0.3 is 15.2 Å². The number of carboxylic acids is 1. The maximum atomic E-state index is 11.4. The topological polar surface area (TPSA) is 77.9 Å². The number of aliphatic carboxylic acids is 1. The maximum absolute atomic E-state index is 11.4. The number of nitrogens with one attached hydrogen (secondary N) is 1. The predicted molar refractivity (Wildman–Crippen MR) is 77.4 cm³/mol. The molecule has 1 heterocycles. The van der Waals surface area contributed by atoms with Crippen LogP contribution in [-0.4, -0.2) is 15.9 Å². The molecule has 104 valence electrons. The predicted octanol–water partition coefficient (Wildman–Crippen LogP) is 1.53. The number of fused-ring (bicyclic) bond motifs is 1. The number of para-hydroxylation sites is 1. The third-order valence-electron chi connectivity index (χ3n) is 3.19. The number of anilines is 1. The minimum absolute atomic E-state index is 0.471. The van der Waals surface area contributed by atoms with Gasteiger partial charge in [-0.1, -0.05) is 42.5 Å². The van der Waals surface area contributed by atoms with E-state index in [4.69, 9.17) is 0 Å². The monoisotopic (exact) mass is 278 g/mol. The van der Waals surface area contributed by atoms with Crippen molar-refractivity contribution in [1.82, 2.24) is 9.97 Å². The average Bonchev–Trinajstić information content (AvgIpc) is 2.53. The third-order valence-corrected chi connectivity index (χ3v) is 3.19. The van der Waals surface area contributed by atoms with Crippen LogP contribution >= 0.6 is 0 Å². The minimum atomic E-state index is -1.20. The fourth-order valence-electron chi connectivity index (χ4n) is 2.18. The van der Waals surface area contributed by atoms with Crippen LogP contribution in [0.5, 0.6) is 0 Å². The molecule has 0 fully saturated rings. The van der Waals surface area contributed by atoms with E-state index < -0.39 is 12.0 Å². The molecule has 0 bridgehead atoms. The van der Waals surface area contributed by atoms with Crippen molar-refractivity contribution >= 4 is 22.7 Å². The standard InChI is InChI=1S/C16H13N3O2/c20-16(21)14(11-6-2-1-3-7-11)19-15-12-8-4-5-9-13(12)17-10-18-15/h1-10,14H,(H,20,21)(H,17,18,19)/p-1/t14-/m0/s1. The van der Waals surface area contributed by atoms with Crippen molar-refractivity contribution in [3.63, 3.8) is 0 Å². The number of rotatable bonds is 4. The molecule has 2 aromatic carbocycles. The summed E-state index contributed by atoms with van der Waals surface area (Å²) in [5, 5.41) is 15.1. The van der Waals surface area contributed by atoms with Gasteiger partial charge in [0, 0.05) is 5.39 Å². The maximum Gasteiger partial charge on any atom is 0.138 e. The molecular weight excluding hydrogens is 266 g/mol. The second-order valence-corrected chi connectivity index (χ2v) is 4.55. The summed E-state index contributed by atoms with van der Waals surface area (Å²) in [4.78, 5) is 19.7. The van der Waals surface area contributed by atoms with Crippen LogP contribution in [0.1, 0.15) is 11.6 Å². The summed E-state index contributed by atoms with van der Waals surface area (Å²) in [6.45, 7) is 0. The number of carboxylic acid groups (broad SMARTS) is 1. The van der Waals surface area contributed by atoms with Crippen LogP contribution < -0.4 is 10.4 Å². The van der Waals surface area contributed by atoms with E-state index in [0.717, 1.165) is 10.9 Å². The van der Waals surface area contributed by atoms with Gasteiger partial charge in [0.05, 0.1) is 17.5 Å². The molecule has 0 aliphatic rings. The van der Waals surface area contributed by atoms with Crippen LogP contribution in [0.15, 0.2) is 60.9 Å². The third kappa shape index (κ3) is 2.67. The number of hydrogen-bond acceptors (Lipinski definition) is 5. The lowest BCUT2D eigenvalue weighted by molar-refractivity contribution is -0.307. The molecule has 0 aliphatic heterocycles. The Labute approximate surface area is 121 Å². The first-order valence-corrected chi connectivity index (χ1v) is 6.48. The van der Waals surface area contributed by atoms with Gasteiger partial charge >= 0.3 is 0 Å². The molecular formula is C16H12N3O2-. The van der Waals surface area contributed by atoms with Gasteiger partial charge in [-0.15, -0.1) is 0 Å². The molecule has 3 rings (SSSR count). The summed E-state index contributed by atoms with van der Waals surface area (Å²) in [6.07, 6.45) is 1.40. The zero-order chi connectivity index (χ0) is 14.7. The molecule has 1 aromatic heterocycles. The lowest BCUT2D eigenvalue weighted by Crippen LogP contribution is -2.34. The van der Waals surface area contributed by atoms with Crippen molar-refractivity contribution < 1.29 is 9.90 Å². The highest BCUT2D eigenvalue weighted by molar-refractivity contribution is 5.90. The van der Waals surface area contributed by atoms with Crippen LogP contribution in [0.2, 0.25) is 0 Å². The molecule has 5 nitrogen and oxygen atoms in total. The van der Waals surface area contributed by atoms with Crippen molar-refractivity contribution in [2.24, 2.45) is 0 Å². The Kier molecular flexibility index (Phi) is 3.47. The lowest BCUT2D eigenvalue weighted by atomic mass is 10.1. The SMILES string of the molecule is O=C([O-])[C@@H](Nc1ncnc2ccccc12)c1ccccc1. The highest BCUT2D eigenvalue weighted by Crippen LogP contribution is 2.23. The molecule has 21 heavy (non-hydrogen) atoms. The largest absolute Gasteiger partial charge is 0.548 e. The van der Waals surface area contributed by atoms with Gasteiger partial charge in [0.2, 0.25) is 0 Å². The molecule has 0 saturated heterocycles. The van der Waals surface area contributed by atoms with E-state index >= 15 is 0 Å². The van der Waals surface area contributed by atoms with Gasteiger partial charge in [0.1, 0.15) is 12.1 Å². The molecule has 0 spiro atoms. The smallest absolute Gasteiger partial charge is 0.138 e. The van der Waals surface area contributed by atoms with E-state index in [2.05, 4.69) is 15.3 Å². The number of hydrogen-bond donors (Lipinski definition) is 1. The summed E-state index contributed by atoms with van der Waals surface area (Å²) in [6, 6.07) is 15.3. The summed E-state index contributed by atoms with van der Waals surface area (Å²) < 4.78 is 0. The molecule has 0 aliphatic carbocycles. The van der Waals surface area contributed by atoms with Gasteiger partial charge in [-0.3, -0.25) is 0 Å². The van der Waals surface area contributed by atoms with Crippen molar-refractivity contribution in [3.05, 3.63) is 66.5 Å². The highest BCUT2D eigenvalue weighted by Gasteiger charge is 2.14. The molecule has 0 saturated carbocycles. The van der Waals surface area contributed by atoms with Gasteiger partial charge in [0.25, 0.3) is 0 Å². The Hall–Kier alpha value is -2.95. The van der Waals surface area contributed by atoms with E-state index in [1.54, 1.807) is 24.3 Å². The van der Waals surface area contributed by atoms with Crippen LogP contribution in [-0.2, 0) is 4.79 Å². The zero-order valence-corrected chi connectivity index (χ0v) is 11.1. The Bertz CT molecular complexity index is 769. The highest BCUT2D eigenvalue weighted by atomic mass is 16.4. The van der Waals surface area contributed by atoms with Crippen LogP contribution in [0.3, 0.4) is 0 Å². The molecule has 5 heteroatoms. The van der Waals surface area contributed by atoms with Crippen molar-refractivity contribution in [1.29, 1.82) is 0 Å². The van der Waals surface area contributed by atoms with Gasteiger partial charge in [0.15, 0.2) is 0 Å². The van der Waals surface area contributed by atoms with Gasteiger partial charge in [-0.05, 0) is 17.7 Å². The summed E-state index contributed by atoms with van der Waals surface area (Å²) >= 11 is 0. The Morgan fingerprint density at radius 2 is 1.71 bits per heavy atom. The molecule has 1 atom stereocenters. The first-order chi connectivity index (χ1) is 10.3. The molecule has 1 N–H and O–H groups in total. The summed E-state index contributed by atoms with van der Waals surface area (Å²) in [5.74, 6) is -0.734. The number of nitrogens with zero attached hydrogens (tertiary/aromatic N) is 2. The molecule has 0 radical (unpaired) electrons. The fraction of sp³-hybridized carbons (Fsp3) is 0.0625. The Morgan fingerprint density at radius 1 is 1.00 bits per heavy atom. The number of benzene rings is 2. The van der Waals surface area contributed by atoms with Gasteiger partial charge in [-0.25, -0.2) is 9.97 Å². The second-order valence-electron chi connectivity index (χ2n) is 4.55. The summed E-state index contributed by atoms with van der Waals surface area (Å²) in [7, 11) is 0. The molecule has 3 aromatic rings. The van der Waals surface area contributed by atoms with E-state index in [9.17, 15) is 9.90 Å². The van der Waals surface area contributed by atoms with Crippen molar-refractivity contribution in [2.75, 3.05) is 5.32 Å². The van der Waals surface area contributed by atoms with Crippen LogP contribution in [0.25, 0.3) is 10.9 Å². The normalized spacial score (nSPS) is 12.0. The second kappa shape index (κ2) is 5.58. The number of carbonyl (C=O) groups excluding carboxylic acids is 1. The number of carbonyl (C=O) groups is 1. The molecule has 0 amide bonds. The first kappa shape index (κ1) is 13.1. The van der Waals surface area contributed by atoms with Crippen molar-refractivity contribution in [2.45, 2.75) is 6.04 Å². The average molecular weight is 278 g/mol. The lowest BCUT2D eigenvalue weighted by Gasteiger charge is -2.21. The first-order valence-electron chi connectivity index (χ1n) is 6.48. The van der Waals surface area contributed by atoms with E-state index in [0.29, 0.717) is 11.4 Å². The Balaban J connectivity index is 2.01. The van der Waals surface area contributed by atoms with E-state index in [1.807, 2.05) is 30.3 Å². The van der Waals surface area contributed by atoms with E-state index in [1.165, 1.54) is 6.33 Å². The fourth-order valence-corrected chi connectivity index (χ4v) is 2.18. The van der Waals surface area contributed by atoms with Crippen LogP contribution in [0, 0.1) is 0 Å². The van der Waals surface area contributed by atoms with Gasteiger partial charge in [-0.2, -0.15) is 0 Å². The van der Waals surface area contributed by atoms with Crippen LogP contribution in [0.4, 0.5) is 5.82 Å². The minimum Gasteiger partial charge on any atom is -0.548 e. The number of aromatic nitrogens is 2. The van der Waals surface area contributed by atoms with Crippen molar-refractivity contribution in [3.8, 4) is 0 Å². The Morgan fingerprint density at radius 3 is 2.48 bits per heavy atom. The quantitative estimate of drug-likeness (QED) is 0.783. The van der Waals surface area contributed by atoms with E-state index in [-0.39, 0.29) is 0 Å². The molecule has 0 unspecified atom stereocenters. The summed E-state index contributed by atoms with van der Waals surface area (Å²) in [5.41, 5.74) is 1.36.